The minimum absolute atomic E-state index is 0.145. The zero-order chi connectivity index (χ0) is 13.3. The molecule has 18 heavy (non-hydrogen) atoms. The van der Waals surface area contributed by atoms with E-state index >= 15 is 0 Å². The molecule has 0 aromatic heterocycles. The molecule has 1 amide bonds. The maximum absolute atomic E-state index is 12.6. The van der Waals surface area contributed by atoms with E-state index < -0.39 is 0 Å². The lowest BCUT2D eigenvalue weighted by molar-refractivity contribution is 0.0742. The van der Waals surface area contributed by atoms with Crippen LogP contribution in [0.1, 0.15) is 29.3 Å². The van der Waals surface area contributed by atoms with Crippen LogP contribution in [0, 0.1) is 16.4 Å². The van der Waals surface area contributed by atoms with Gasteiger partial charge in [-0.1, -0.05) is 11.6 Å². The lowest BCUT2D eigenvalue weighted by atomic mass is 10.1. The van der Waals surface area contributed by atoms with Crippen LogP contribution in [0.2, 0.25) is 0 Å². The number of likely N-dealkylation sites (tertiary alicyclic amines) is 1. The number of aryl methyl sites for hydroxylation is 1. The van der Waals surface area contributed by atoms with Crippen molar-refractivity contribution in [2.24, 2.45) is 11.7 Å². The summed E-state index contributed by atoms with van der Waals surface area (Å²) < 4.78 is 1.02. The monoisotopic (exact) mass is 358 g/mol. The van der Waals surface area contributed by atoms with E-state index in [1.807, 2.05) is 30.0 Å². The molecule has 2 atom stereocenters. The Morgan fingerprint density at radius 3 is 2.89 bits per heavy atom. The molecule has 2 unspecified atom stereocenters. The molecule has 98 valence electrons. The standard InChI is InChI=1S/C14H19IN2O/c1-9-3-4-13(15)12(5-9)14(18)17-8-11(7-16)6-10(17)2/h3-5,10-11H,6-8,16H2,1-2H3. The fraction of sp³-hybridized carbons (Fsp3) is 0.500. The van der Waals surface area contributed by atoms with Crippen LogP contribution in [0.25, 0.3) is 0 Å². The third-order valence-electron chi connectivity index (χ3n) is 3.61. The molecule has 0 spiro atoms. The first-order valence-corrected chi connectivity index (χ1v) is 7.38. The second-order valence-electron chi connectivity index (χ2n) is 5.13. The van der Waals surface area contributed by atoms with Crippen LogP contribution >= 0.6 is 22.6 Å². The van der Waals surface area contributed by atoms with Gasteiger partial charge in [-0.15, -0.1) is 0 Å². The van der Waals surface area contributed by atoms with Gasteiger partial charge in [-0.25, -0.2) is 0 Å². The first-order valence-electron chi connectivity index (χ1n) is 6.30. The van der Waals surface area contributed by atoms with Crippen molar-refractivity contribution in [3.63, 3.8) is 0 Å². The van der Waals surface area contributed by atoms with Crippen molar-refractivity contribution >= 4 is 28.5 Å². The summed E-state index contributed by atoms with van der Waals surface area (Å²) >= 11 is 2.23. The van der Waals surface area contributed by atoms with Gasteiger partial charge in [0.1, 0.15) is 0 Å². The predicted octanol–water partition coefficient (Wildman–Crippen LogP) is 2.41. The molecular weight excluding hydrogens is 339 g/mol. The number of rotatable bonds is 2. The van der Waals surface area contributed by atoms with Crippen molar-refractivity contribution in [2.45, 2.75) is 26.3 Å². The summed E-state index contributed by atoms with van der Waals surface area (Å²) in [4.78, 5) is 14.5. The van der Waals surface area contributed by atoms with E-state index in [-0.39, 0.29) is 5.91 Å². The van der Waals surface area contributed by atoms with Crippen LogP contribution in [-0.4, -0.2) is 29.9 Å². The SMILES string of the molecule is Cc1ccc(I)c(C(=O)N2CC(CN)CC2C)c1. The van der Waals surface area contributed by atoms with Gasteiger partial charge in [-0.05, 0) is 67.5 Å². The van der Waals surface area contributed by atoms with Crippen LogP contribution in [0.3, 0.4) is 0 Å². The highest BCUT2D eigenvalue weighted by molar-refractivity contribution is 14.1. The van der Waals surface area contributed by atoms with Gasteiger partial charge in [-0.3, -0.25) is 4.79 Å². The smallest absolute Gasteiger partial charge is 0.255 e. The largest absolute Gasteiger partial charge is 0.336 e. The molecule has 0 aliphatic carbocycles. The van der Waals surface area contributed by atoms with Gasteiger partial charge in [0.05, 0.1) is 5.56 Å². The van der Waals surface area contributed by atoms with E-state index in [2.05, 4.69) is 29.5 Å². The van der Waals surface area contributed by atoms with Crippen LogP contribution in [0.5, 0.6) is 0 Å². The van der Waals surface area contributed by atoms with Crippen molar-refractivity contribution in [2.75, 3.05) is 13.1 Å². The van der Waals surface area contributed by atoms with Crippen molar-refractivity contribution in [1.29, 1.82) is 0 Å². The summed E-state index contributed by atoms with van der Waals surface area (Å²) in [5.41, 5.74) is 7.66. The van der Waals surface area contributed by atoms with E-state index in [1.54, 1.807) is 0 Å². The topological polar surface area (TPSA) is 46.3 Å². The third-order valence-corrected chi connectivity index (χ3v) is 4.55. The Kier molecular flexibility index (Phi) is 4.27. The number of benzene rings is 1. The fourth-order valence-electron chi connectivity index (χ4n) is 2.55. The van der Waals surface area contributed by atoms with Crippen molar-refractivity contribution in [3.05, 3.63) is 32.9 Å². The summed E-state index contributed by atoms with van der Waals surface area (Å²) in [7, 11) is 0. The van der Waals surface area contributed by atoms with Gasteiger partial charge in [0.25, 0.3) is 5.91 Å². The van der Waals surface area contributed by atoms with E-state index in [9.17, 15) is 4.79 Å². The Balaban J connectivity index is 2.24. The zero-order valence-corrected chi connectivity index (χ0v) is 13.0. The highest BCUT2D eigenvalue weighted by Gasteiger charge is 2.32. The molecule has 4 heteroatoms. The molecule has 0 bridgehead atoms. The first kappa shape index (κ1) is 13.8. The maximum atomic E-state index is 12.6. The molecule has 1 aliphatic rings. The first-order chi connectivity index (χ1) is 8.52. The number of nitrogens with zero attached hydrogens (tertiary/aromatic N) is 1. The molecule has 1 heterocycles. The lowest BCUT2D eigenvalue weighted by Crippen LogP contribution is -2.34. The molecule has 0 saturated carbocycles. The fourth-order valence-corrected chi connectivity index (χ4v) is 3.12. The van der Waals surface area contributed by atoms with Crippen LogP contribution < -0.4 is 5.73 Å². The molecule has 1 saturated heterocycles. The zero-order valence-electron chi connectivity index (χ0n) is 10.8. The normalized spacial score (nSPS) is 23.4. The van der Waals surface area contributed by atoms with Crippen LogP contribution in [0.15, 0.2) is 18.2 Å². The number of amides is 1. The lowest BCUT2D eigenvalue weighted by Gasteiger charge is -2.22. The van der Waals surface area contributed by atoms with Crippen molar-refractivity contribution in [3.8, 4) is 0 Å². The molecule has 1 aromatic carbocycles. The second kappa shape index (κ2) is 5.57. The number of halogens is 1. The maximum Gasteiger partial charge on any atom is 0.255 e. The average Bonchev–Trinajstić information content (AvgIpc) is 2.73. The molecule has 1 fully saturated rings. The summed E-state index contributed by atoms with van der Waals surface area (Å²) in [5, 5.41) is 0. The van der Waals surface area contributed by atoms with Gasteiger partial charge in [0, 0.05) is 16.2 Å². The van der Waals surface area contributed by atoms with Gasteiger partial charge in [0.15, 0.2) is 0 Å². The Morgan fingerprint density at radius 2 is 2.28 bits per heavy atom. The van der Waals surface area contributed by atoms with Crippen molar-refractivity contribution < 1.29 is 4.79 Å². The number of hydrogen-bond donors (Lipinski definition) is 1. The van der Waals surface area contributed by atoms with E-state index in [4.69, 9.17) is 5.73 Å². The van der Waals surface area contributed by atoms with E-state index in [0.717, 1.165) is 27.7 Å². The number of carbonyl (C=O) groups is 1. The average molecular weight is 358 g/mol. The quantitative estimate of drug-likeness (QED) is 0.826. The summed E-state index contributed by atoms with van der Waals surface area (Å²) in [6.45, 7) is 5.58. The summed E-state index contributed by atoms with van der Waals surface area (Å²) in [6.07, 6.45) is 1.02. The van der Waals surface area contributed by atoms with Gasteiger partial charge in [-0.2, -0.15) is 0 Å². The Hall–Kier alpha value is -0.620. The van der Waals surface area contributed by atoms with E-state index in [1.165, 1.54) is 0 Å². The van der Waals surface area contributed by atoms with Crippen molar-refractivity contribution in [1.82, 2.24) is 4.90 Å². The molecule has 0 radical (unpaired) electrons. The number of carbonyl (C=O) groups excluding carboxylic acids is 1. The molecule has 2 rings (SSSR count). The minimum atomic E-state index is 0.145. The van der Waals surface area contributed by atoms with Crippen LogP contribution in [-0.2, 0) is 0 Å². The number of nitrogens with two attached hydrogens (primary N) is 1. The highest BCUT2D eigenvalue weighted by atomic mass is 127. The molecular formula is C14H19IN2O. The second-order valence-corrected chi connectivity index (χ2v) is 6.29. The Labute approximate surface area is 122 Å². The van der Waals surface area contributed by atoms with Gasteiger partial charge in [0.2, 0.25) is 0 Å². The van der Waals surface area contributed by atoms with Crippen LogP contribution in [0.4, 0.5) is 0 Å². The molecule has 2 N–H and O–H groups in total. The Bertz CT molecular complexity index is 461. The molecule has 3 nitrogen and oxygen atoms in total. The molecule has 1 aliphatic heterocycles. The molecule has 1 aromatic rings. The Morgan fingerprint density at radius 1 is 1.56 bits per heavy atom. The number of hydrogen-bond acceptors (Lipinski definition) is 2. The summed E-state index contributed by atoms with van der Waals surface area (Å²) in [5.74, 6) is 0.595. The highest BCUT2D eigenvalue weighted by Crippen LogP contribution is 2.26. The minimum Gasteiger partial charge on any atom is -0.336 e. The predicted molar refractivity (Wildman–Crippen MR) is 81.6 cm³/mol. The third kappa shape index (κ3) is 2.69. The van der Waals surface area contributed by atoms with E-state index in [0.29, 0.717) is 18.5 Å². The van der Waals surface area contributed by atoms with Gasteiger partial charge >= 0.3 is 0 Å². The summed E-state index contributed by atoms with van der Waals surface area (Å²) in [6, 6.07) is 6.31. The van der Waals surface area contributed by atoms with Gasteiger partial charge < -0.3 is 10.6 Å².